The molecule has 0 radical (unpaired) electrons. The van der Waals surface area contributed by atoms with Crippen LogP contribution in [0, 0.1) is 5.92 Å². The van der Waals surface area contributed by atoms with Gasteiger partial charge in [0.05, 0.1) is 14.2 Å². The van der Waals surface area contributed by atoms with E-state index in [4.69, 9.17) is 9.47 Å². The van der Waals surface area contributed by atoms with Crippen LogP contribution in [0.2, 0.25) is 0 Å². The number of rotatable bonds is 2. The third-order valence-electron chi connectivity index (χ3n) is 5.79. The van der Waals surface area contributed by atoms with Gasteiger partial charge in [-0.2, -0.15) is 0 Å². The van der Waals surface area contributed by atoms with Gasteiger partial charge < -0.3 is 14.8 Å². The van der Waals surface area contributed by atoms with Gasteiger partial charge in [-0.25, -0.2) is 0 Å². The Balaban J connectivity index is 1.67. The summed E-state index contributed by atoms with van der Waals surface area (Å²) in [5.41, 5.74) is 2.89. The number of nitrogens with one attached hydrogen (secondary N) is 1. The molecule has 3 aliphatic heterocycles. The van der Waals surface area contributed by atoms with Crippen molar-refractivity contribution in [1.82, 2.24) is 10.2 Å². The molecule has 3 heterocycles. The van der Waals surface area contributed by atoms with E-state index in [0.717, 1.165) is 23.8 Å². The normalized spacial score (nSPS) is 30.9. The van der Waals surface area contributed by atoms with Gasteiger partial charge in [0.2, 0.25) is 0 Å². The fourth-order valence-corrected chi connectivity index (χ4v) is 4.63. The van der Waals surface area contributed by atoms with E-state index in [9.17, 15) is 0 Å². The average Bonchev–Trinajstić information content (AvgIpc) is 2.58. The summed E-state index contributed by atoms with van der Waals surface area (Å²) in [6.45, 7) is 3.61. The maximum absolute atomic E-state index is 5.53. The smallest absolute Gasteiger partial charge is 0.161 e. The largest absolute Gasteiger partial charge is 0.493 e. The van der Waals surface area contributed by atoms with Gasteiger partial charge in [-0.1, -0.05) is 0 Å². The van der Waals surface area contributed by atoms with Crippen LogP contribution in [0.1, 0.15) is 36.4 Å². The number of hydrogen-bond donors (Lipinski definition) is 1. The third-order valence-corrected chi connectivity index (χ3v) is 5.79. The molecule has 0 amide bonds. The first kappa shape index (κ1) is 14.3. The van der Waals surface area contributed by atoms with Crippen LogP contribution in [0.4, 0.5) is 0 Å². The molecular formula is C18H26N2O2. The molecule has 3 aliphatic rings. The van der Waals surface area contributed by atoms with Gasteiger partial charge in [0.15, 0.2) is 11.5 Å². The zero-order valence-corrected chi connectivity index (χ0v) is 13.6. The number of methoxy groups -OCH3 is 2. The van der Waals surface area contributed by atoms with E-state index < -0.39 is 0 Å². The predicted octanol–water partition coefficient (Wildman–Crippen LogP) is 2.37. The van der Waals surface area contributed by atoms with E-state index in [1.54, 1.807) is 14.2 Å². The van der Waals surface area contributed by atoms with Gasteiger partial charge in [-0.15, -0.1) is 0 Å². The van der Waals surface area contributed by atoms with Gasteiger partial charge in [0, 0.05) is 25.2 Å². The Morgan fingerprint density at radius 1 is 1.18 bits per heavy atom. The zero-order valence-electron chi connectivity index (χ0n) is 13.6. The average molecular weight is 302 g/mol. The summed E-state index contributed by atoms with van der Waals surface area (Å²) in [6.07, 6.45) is 5.07. The Kier molecular flexibility index (Phi) is 3.74. The van der Waals surface area contributed by atoms with Crippen LogP contribution in [0.15, 0.2) is 12.1 Å². The first-order chi connectivity index (χ1) is 10.8. The fourth-order valence-electron chi connectivity index (χ4n) is 4.63. The minimum absolute atomic E-state index is 0.537. The van der Waals surface area contributed by atoms with E-state index >= 15 is 0 Å². The molecule has 0 spiro atoms. The van der Waals surface area contributed by atoms with Crippen LogP contribution >= 0.6 is 0 Å². The molecule has 0 bridgehead atoms. The van der Waals surface area contributed by atoms with Crippen LogP contribution in [-0.2, 0) is 6.42 Å². The summed E-state index contributed by atoms with van der Waals surface area (Å²) >= 11 is 0. The van der Waals surface area contributed by atoms with E-state index in [1.165, 1.54) is 50.0 Å². The molecule has 2 saturated heterocycles. The molecular weight excluding hydrogens is 276 g/mol. The van der Waals surface area contributed by atoms with Crippen molar-refractivity contribution in [2.24, 2.45) is 5.92 Å². The SMILES string of the molecule is COc1cc2c(cc1OC)[C@H]1C[C@H]3NCCC[C@H]3CN1CC2. The summed E-state index contributed by atoms with van der Waals surface area (Å²) in [4.78, 5) is 2.70. The van der Waals surface area contributed by atoms with E-state index in [1.807, 2.05) is 0 Å². The molecule has 0 saturated carbocycles. The standard InChI is InChI=1S/C18H26N2O2/c1-21-17-8-12-5-7-20-11-13-4-3-6-19-15(13)10-16(20)14(12)9-18(17)22-2/h8-9,13,15-16,19H,3-7,10-11H2,1-2H3/t13-,15+,16+/m0/s1. The Hall–Kier alpha value is -1.26. The highest BCUT2D eigenvalue weighted by atomic mass is 16.5. The third kappa shape index (κ3) is 2.29. The second-order valence-corrected chi connectivity index (χ2v) is 6.87. The molecule has 4 nitrogen and oxygen atoms in total. The number of nitrogens with zero attached hydrogens (tertiary/aromatic N) is 1. The summed E-state index contributed by atoms with van der Waals surface area (Å²) in [5.74, 6) is 2.56. The number of piperidine rings is 2. The predicted molar refractivity (Wildman–Crippen MR) is 86.7 cm³/mol. The lowest BCUT2D eigenvalue weighted by Crippen LogP contribution is -2.54. The fraction of sp³-hybridized carbons (Fsp3) is 0.667. The van der Waals surface area contributed by atoms with Crippen molar-refractivity contribution in [2.45, 2.75) is 37.8 Å². The molecule has 3 atom stereocenters. The highest BCUT2D eigenvalue weighted by molar-refractivity contribution is 5.49. The van der Waals surface area contributed by atoms with Gasteiger partial charge in [0.25, 0.3) is 0 Å². The topological polar surface area (TPSA) is 33.7 Å². The van der Waals surface area contributed by atoms with Gasteiger partial charge in [0.1, 0.15) is 0 Å². The van der Waals surface area contributed by atoms with Gasteiger partial charge in [-0.3, -0.25) is 4.90 Å². The van der Waals surface area contributed by atoms with Crippen LogP contribution in [0.25, 0.3) is 0 Å². The molecule has 4 rings (SSSR count). The highest BCUT2D eigenvalue weighted by Gasteiger charge is 2.39. The molecule has 0 aromatic heterocycles. The molecule has 4 heteroatoms. The van der Waals surface area contributed by atoms with Crippen molar-refractivity contribution in [2.75, 3.05) is 33.9 Å². The number of ether oxygens (including phenoxy) is 2. The van der Waals surface area contributed by atoms with Gasteiger partial charge >= 0.3 is 0 Å². The Labute approximate surface area is 132 Å². The molecule has 1 aromatic rings. The zero-order chi connectivity index (χ0) is 15.1. The molecule has 22 heavy (non-hydrogen) atoms. The lowest BCUT2D eigenvalue weighted by atomic mass is 9.77. The van der Waals surface area contributed by atoms with Crippen LogP contribution in [-0.4, -0.2) is 44.8 Å². The molecule has 2 fully saturated rings. The number of fused-ring (bicyclic) bond motifs is 4. The quantitative estimate of drug-likeness (QED) is 0.909. The van der Waals surface area contributed by atoms with Crippen LogP contribution in [0.5, 0.6) is 11.5 Å². The maximum Gasteiger partial charge on any atom is 0.161 e. The molecule has 0 aliphatic carbocycles. The minimum Gasteiger partial charge on any atom is -0.493 e. The number of hydrogen-bond acceptors (Lipinski definition) is 4. The minimum atomic E-state index is 0.537. The molecule has 1 N–H and O–H groups in total. The van der Waals surface area contributed by atoms with Crippen molar-refractivity contribution in [3.63, 3.8) is 0 Å². The Morgan fingerprint density at radius 3 is 2.82 bits per heavy atom. The first-order valence-electron chi connectivity index (χ1n) is 8.52. The van der Waals surface area contributed by atoms with Crippen molar-refractivity contribution >= 4 is 0 Å². The highest BCUT2D eigenvalue weighted by Crippen LogP contribution is 2.43. The Morgan fingerprint density at radius 2 is 2.00 bits per heavy atom. The van der Waals surface area contributed by atoms with E-state index in [-0.39, 0.29) is 0 Å². The van der Waals surface area contributed by atoms with Crippen molar-refractivity contribution in [3.8, 4) is 11.5 Å². The summed E-state index contributed by atoms with van der Waals surface area (Å²) in [7, 11) is 3.45. The van der Waals surface area contributed by atoms with Crippen molar-refractivity contribution in [3.05, 3.63) is 23.3 Å². The second-order valence-electron chi connectivity index (χ2n) is 6.87. The van der Waals surface area contributed by atoms with Crippen molar-refractivity contribution in [1.29, 1.82) is 0 Å². The lowest BCUT2D eigenvalue weighted by molar-refractivity contribution is 0.0550. The van der Waals surface area contributed by atoms with Crippen LogP contribution in [0.3, 0.4) is 0 Å². The summed E-state index contributed by atoms with van der Waals surface area (Å²) < 4.78 is 11.0. The van der Waals surface area contributed by atoms with Crippen molar-refractivity contribution < 1.29 is 9.47 Å². The maximum atomic E-state index is 5.53. The van der Waals surface area contributed by atoms with E-state index in [2.05, 4.69) is 22.3 Å². The Bertz CT molecular complexity index is 560. The lowest BCUT2D eigenvalue weighted by Gasteiger charge is -2.49. The number of benzene rings is 1. The summed E-state index contributed by atoms with van der Waals surface area (Å²) in [5, 5.41) is 3.75. The monoisotopic (exact) mass is 302 g/mol. The molecule has 0 unspecified atom stereocenters. The second kappa shape index (κ2) is 5.74. The first-order valence-corrected chi connectivity index (χ1v) is 8.52. The molecule has 1 aromatic carbocycles. The summed E-state index contributed by atoms with van der Waals surface area (Å²) in [6, 6.07) is 5.63. The molecule has 120 valence electrons. The van der Waals surface area contributed by atoms with Crippen LogP contribution < -0.4 is 14.8 Å². The van der Waals surface area contributed by atoms with E-state index in [0.29, 0.717) is 12.1 Å². The van der Waals surface area contributed by atoms with Gasteiger partial charge in [-0.05, 0) is 61.4 Å².